The molecule has 1 atom stereocenters. The van der Waals surface area contributed by atoms with Crippen LogP contribution in [0.15, 0.2) is 0 Å². The largest absolute Gasteiger partial charge is 0.312 e. The molecule has 16 heavy (non-hydrogen) atoms. The van der Waals surface area contributed by atoms with E-state index in [9.17, 15) is 5.21 Å². The van der Waals surface area contributed by atoms with Crippen LogP contribution in [0.1, 0.15) is 54.9 Å². The summed E-state index contributed by atoms with van der Waals surface area (Å²) in [5.74, 6) is 0.416. The van der Waals surface area contributed by atoms with Gasteiger partial charge in [-0.15, -0.1) is 10.3 Å². The lowest BCUT2D eigenvalue weighted by Crippen LogP contribution is -2.49. The Balaban J connectivity index is 2.69. The second-order valence-electron chi connectivity index (χ2n) is 7.29. The van der Waals surface area contributed by atoms with Gasteiger partial charge in [0.05, 0.1) is 0 Å². The molecule has 1 heterocycles. The minimum absolute atomic E-state index is 0.122. The Morgan fingerprint density at radius 2 is 1.75 bits per heavy atom. The molecule has 1 saturated heterocycles. The van der Waals surface area contributed by atoms with Gasteiger partial charge in [0, 0.05) is 23.2 Å². The Morgan fingerprint density at radius 1 is 1.25 bits per heavy atom. The third-order valence-electron chi connectivity index (χ3n) is 3.70. The van der Waals surface area contributed by atoms with Gasteiger partial charge in [0.1, 0.15) is 0 Å². The van der Waals surface area contributed by atoms with Crippen LogP contribution in [-0.4, -0.2) is 28.2 Å². The molecule has 0 aromatic rings. The highest BCUT2D eigenvalue weighted by Crippen LogP contribution is 2.43. The summed E-state index contributed by atoms with van der Waals surface area (Å²) in [6.45, 7) is 15.6. The molecule has 1 aliphatic heterocycles. The molecule has 1 N–H and O–H groups in total. The van der Waals surface area contributed by atoms with Gasteiger partial charge in [-0.25, -0.2) is 0 Å². The van der Waals surface area contributed by atoms with Crippen molar-refractivity contribution in [3.8, 4) is 0 Å². The Kier molecular flexibility index (Phi) is 3.46. The number of nitrogens with zero attached hydrogens (tertiary/aromatic N) is 1. The molecule has 0 aliphatic carbocycles. The summed E-state index contributed by atoms with van der Waals surface area (Å²) >= 11 is 0. The maximum Gasteiger partial charge on any atom is 0.0484 e. The van der Waals surface area contributed by atoms with Gasteiger partial charge in [-0.05, 0) is 60.8 Å². The van der Waals surface area contributed by atoms with Gasteiger partial charge >= 0.3 is 0 Å². The number of hydrogen-bond acceptors (Lipinski definition) is 2. The fraction of sp³-hybridized carbons (Fsp3) is 1.00. The molecular formula is C13H27N2O. The molecule has 3 nitrogen and oxygen atoms in total. The molecule has 0 aromatic heterocycles. The molecule has 3 heteroatoms. The van der Waals surface area contributed by atoms with Crippen LogP contribution in [0.2, 0.25) is 0 Å². The van der Waals surface area contributed by atoms with Crippen molar-refractivity contribution in [3.05, 3.63) is 0 Å². The lowest BCUT2D eigenvalue weighted by molar-refractivity contribution is -0.248. The van der Waals surface area contributed by atoms with E-state index in [1.165, 1.54) is 5.06 Å². The average Bonchev–Trinajstić information content (AvgIpc) is 2.22. The molecule has 1 radical (unpaired) electrons. The first-order valence-electron chi connectivity index (χ1n) is 6.19. The molecule has 95 valence electrons. The predicted molar refractivity (Wildman–Crippen MR) is 66.5 cm³/mol. The highest BCUT2D eigenvalue weighted by molar-refractivity contribution is 5.02. The van der Waals surface area contributed by atoms with Crippen molar-refractivity contribution in [2.24, 2.45) is 5.92 Å². The van der Waals surface area contributed by atoms with Crippen LogP contribution in [0.5, 0.6) is 0 Å². The van der Waals surface area contributed by atoms with Gasteiger partial charge in [0.2, 0.25) is 0 Å². The van der Waals surface area contributed by atoms with E-state index in [0.29, 0.717) is 5.92 Å². The first-order chi connectivity index (χ1) is 6.97. The lowest BCUT2D eigenvalue weighted by Gasteiger charge is -2.34. The van der Waals surface area contributed by atoms with Crippen LogP contribution in [0, 0.1) is 5.92 Å². The lowest BCUT2D eigenvalue weighted by atomic mass is 9.86. The van der Waals surface area contributed by atoms with Crippen LogP contribution in [0.4, 0.5) is 0 Å². The number of hydrogen-bond donors (Lipinski definition) is 1. The third-order valence-corrected chi connectivity index (χ3v) is 3.70. The van der Waals surface area contributed by atoms with Crippen molar-refractivity contribution in [3.63, 3.8) is 0 Å². The van der Waals surface area contributed by atoms with Gasteiger partial charge in [-0.1, -0.05) is 0 Å². The summed E-state index contributed by atoms with van der Waals surface area (Å²) in [5, 5.41) is 17.0. The molecule has 0 amide bonds. The summed E-state index contributed by atoms with van der Waals surface area (Å²) in [4.78, 5) is 0. The normalized spacial score (nSPS) is 29.6. The SMILES string of the molecule is CC(C)(C)NCC1CC(C)(C)N([O])C1(C)C. The van der Waals surface area contributed by atoms with Crippen molar-refractivity contribution in [1.29, 1.82) is 0 Å². The van der Waals surface area contributed by atoms with Crippen molar-refractivity contribution < 1.29 is 5.21 Å². The fourth-order valence-corrected chi connectivity index (χ4v) is 2.63. The minimum atomic E-state index is -0.262. The van der Waals surface area contributed by atoms with E-state index < -0.39 is 0 Å². The average molecular weight is 227 g/mol. The number of rotatable bonds is 2. The molecule has 0 spiro atoms. The van der Waals surface area contributed by atoms with E-state index in [1.54, 1.807) is 0 Å². The van der Waals surface area contributed by atoms with E-state index >= 15 is 0 Å². The first-order valence-corrected chi connectivity index (χ1v) is 6.19. The highest BCUT2D eigenvalue weighted by Gasteiger charge is 2.52. The monoisotopic (exact) mass is 227 g/mol. The fourth-order valence-electron chi connectivity index (χ4n) is 2.63. The van der Waals surface area contributed by atoms with E-state index in [2.05, 4.69) is 39.9 Å². The van der Waals surface area contributed by atoms with Gasteiger partial charge in [-0.3, -0.25) is 0 Å². The Hall–Kier alpha value is -0.120. The van der Waals surface area contributed by atoms with Gasteiger partial charge in [0.15, 0.2) is 0 Å². The van der Waals surface area contributed by atoms with Crippen molar-refractivity contribution in [2.45, 2.75) is 71.5 Å². The van der Waals surface area contributed by atoms with Gasteiger partial charge in [0.25, 0.3) is 0 Å². The molecule has 1 fully saturated rings. The molecule has 1 rings (SSSR count). The summed E-state index contributed by atoms with van der Waals surface area (Å²) in [6.07, 6.45) is 0.965. The van der Waals surface area contributed by atoms with Crippen molar-refractivity contribution in [1.82, 2.24) is 10.4 Å². The third kappa shape index (κ3) is 2.76. The maximum absolute atomic E-state index is 12.2. The van der Waals surface area contributed by atoms with Crippen LogP contribution in [-0.2, 0) is 5.21 Å². The number of nitrogens with one attached hydrogen (secondary N) is 1. The zero-order valence-electron chi connectivity index (χ0n) is 11.8. The molecule has 0 aromatic carbocycles. The molecule has 0 bridgehead atoms. The van der Waals surface area contributed by atoms with Crippen LogP contribution in [0.25, 0.3) is 0 Å². The van der Waals surface area contributed by atoms with Crippen LogP contribution in [0.3, 0.4) is 0 Å². The molecular weight excluding hydrogens is 200 g/mol. The topological polar surface area (TPSA) is 35.2 Å². The Morgan fingerprint density at radius 3 is 2.06 bits per heavy atom. The zero-order chi connectivity index (χ0) is 12.8. The van der Waals surface area contributed by atoms with Crippen molar-refractivity contribution >= 4 is 0 Å². The van der Waals surface area contributed by atoms with Crippen LogP contribution < -0.4 is 5.32 Å². The highest BCUT2D eigenvalue weighted by atomic mass is 16.5. The second-order valence-corrected chi connectivity index (χ2v) is 7.29. The minimum Gasteiger partial charge on any atom is -0.312 e. The summed E-state index contributed by atoms with van der Waals surface area (Å²) in [6, 6.07) is 0. The van der Waals surface area contributed by atoms with E-state index in [4.69, 9.17) is 0 Å². The summed E-state index contributed by atoms with van der Waals surface area (Å²) in [7, 11) is 0. The zero-order valence-corrected chi connectivity index (χ0v) is 11.8. The van der Waals surface area contributed by atoms with E-state index in [0.717, 1.165) is 13.0 Å². The van der Waals surface area contributed by atoms with Gasteiger partial charge < -0.3 is 5.32 Å². The summed E-state index contributed by atoms with van der Waals surface area (Å²) < 4.78 is 0. The van der Waals surface area contributed by atoms with Crippen molar-refractivity contribution in [2.75, 3.05) is 6.54 Å². The maximum atomic E-state index is 12.2. The Bertz CT molecular complexity index is 253. The first kappa shape index (κ1) is 13.9. The molecule has 0 saturated carbocycles. The Labute approximate surface area is 100 Å². The second kappa shape index (κ2) is 3.97. The standard InChI is InChI=1S/C13H27N2O/c1-11(2,3)14-9-10-8-12(4,5)15(16)13(10,6)7/h10,14H,8-9H2,1-7H3. The molecule has 1 aliphatic rings. The van der Waals surface area contributed by atoms with E-state index in [1.807, 2.05) is 13.8 Å². The summed E-state index contributed by atoms with van der Waals surface area (Å²) in [5.41, 5.74) is -0.369. The predicted octanol–water partition coefficient (Wildman–Crippen LogP) is 2.60. The molecule has 1 unspecified atom stereocenters. The van der Waals surface area contributed by atoms with E-state index in [-0.39, 0.29) is 16.6 Å². The quantitative estimate of drug-likeness (QED) is 0.787. The van der Waals surface area contributed by atoms with Gasteiger partial charge in [-0.2, -0.15) is 0 Å². The number of hydroxylamine groups is 2. The smallest absolute Gasteiger partial charge is 0.0484 e. The van der Waals surface area contributed by atoms with Crippen LogP contribution >= 0.6 is 0 Å².